The molecule has 3 aromatic rings. The van der Waals surface area contributed by atoms with Gasteiger partial charge < -0.3 is 10.3 Å². The molecule has 3 rings (SSSR count). The van der Waals surface area contributed by atoms with E-state index in [4.69, 9.17) is 0 Å². The number of hydrogen-bond acceptors (Lipinski definition) is 7. The Morgan fingerprint density at radius 3 is 2.96 bits per heavy atom. The van der Waals surface area contributed by atoms with Crippen molar-refractivity contribution < 1.29 is 4.79 Å². The lowest BCUT2D eigenvalue weighted by Gasteiger charge is -2.03. The molecule has 23 heavy (non-hydrogen) atoms. The summed E-state index contributed by atoms with van der Waals surface area (Å²) in [5.41, 5.74) is 1.47. The van der Waals surface area contributed by atoms with Crippen molar-refractivity contribution >= 4 is 45.2 Å². The molecule has 0 bridgehead atoms. The van der Waals surface area contributed by atoms with Gasteiger partial charge >= 0.3 is 0 Å². The van der Waals surface area contributed by atoms with Crippen LogP contribution in [0.2, 0.25) is 0 Å². The number of amides is 1. The number of carbonyl (C=O) groups is 1. The molecule has 9 heteroatoms. The van der Waals surface area contributed by atoms with Gasteiger partial charge in [0, 0.05) is 12.8 Å². The van der Waals surface area contributed by atoms with E-state index < -0.39 is 0 Å². The molecule has 2 N–H and O–H groups in total. The molecule has 0 aliphatic carbocycles. The maximum atomic E-state index is 12.0. The number of nitrogens with one attached hydrogen (secondary N) is 2. The van der Waals surface area contributed by atoms with Crippen LogP contribution in [0.3, 0.4) is 0 Å². The fraction of sp³-hybridized carbons (Fsp3) is 0.214. The fourth-order valence-electron chi connectivity index (χ4n) is 1.99. The summed E-state index contributed by atoms with van der Waals surface area (Å²) in [5.74, 6) is -0.219. The summed E-state index contributed by atoms with van der Waals surface area (Å²) in [6.45, 7) is 0. The zero-order valence-corrected chi connectivity index (χ0v) is 13.8. The van der Waals surface area contributed by atoms with Crippen LogP contribution in [0.15, 0.2) is 33.4 Å². The molecule has 1 aromatic carbocycles. The van der Waals surface area contributed by atoms with E-state index in [1.54, 1.807) is 6.07 Å². The quantitative estimate of drug-likeness (QED) is 0.541. The number of aryl methyl sites for hydroxylation is 1. The van der Waals surface area contributed by atoms with Crippen molar-refractivity contribution in [2.75, 3.05) is 11.6 Å². The van der Waals surface area contributed by atoms with Gasteiger partial charge in [0.1, 0.15) is 5.69 Å². The summed E-state index contributed by atoms with van der Waals surface area (Å²) in [6.07, 6.45) is 2.31. The third kappa shape index (κ3) is 3.74. The van der Waals surface area contributed by atoms with E-state index in [9.17, 15) is 9.59 Å². The average molecular weight is 347 g/mol. The summed E-state index contributed by atoms with van der Waals surface area (Å²) in [4.78, 5) is 31.0. The van der Waals surface area contributed by atoms with Gasteiger partial charge in [0.2, 0.25) is 11.0 Å². The van der Waals surface area contributed by atoms with Crippen LogP contribution in [0.1, 0.15) is 12.1 Å². The fourth-order valence-corrected chi connectivity index (χ4v) is 3.18. The van der Waals surface area contributed by atoms with Gasteiger partial charge in [-0.05, 0) is 18.4 Å². The first-order chi connectivity index (χ1) is 11.2. The van der Waals surface area contributed by atoms with Gasteiger partial charge in [-0.2, -0.15) is 0 Å². The van der Waals surface area contributed by atoms with Crippen LogP contribution in [-0.4, -0.2) is 32.3 Å². The number of fused-ring (bicyclic) bond motifs is 1. The topological polar surface area (TPSA) is 101 Å². The lowest BCUT2D eigenvalue weighted by molar-refractivity contribution is -0.116. The standard InChI is InChI=1S/C14H13N5O2S2/c1-22-14-19-18-13(23-14)17-11(20)7-6-10-12(21)16-9-5-3-2-4-8(9)15-10/h2-5H,6-7H2,1H3,(H,16,21)(H,17,18,20). The molecule has 0 fully saturated rings. The Balaban J connectivity index is 1.66. The smallest absolute Gasteiger partial charge is 0.270 e. The number of H-pyrrole nitrogens is 1. The van der Waals surface area contributed by atoms with Crippen molar-refractivity contribution in [3.8, 4) is 0 Å². The molecule has 2 heterocycles. The number of thioether (sulfide) groups is 1. The third-order valence-electron chi connectivity index (χ3n) is 3.09. The number of carbonyl (C=O) groups excluding carboxylic acids is 1. The van der Waals surface area contributed by atoms with Crippen molar-refractivity contribution in [2.45, 2.75) is 17.2 Å². The zero-order valence-electron chi connectivity index (χ0n) is 12.2. The number of rotatable bonds is 5. The van der Waals surface area contributed by atoms with E-state index in [0.717, 1.165) is 4.34 Å². The van der Waals surface area contributed by atoms with E-state index in [1.165, 1.54) is 23.1 Å². The molecule has 0 unspecified atom stereocenters. The Morgan fingerprint density at radius 2 is 2.17 bits per heavy atom. The van der Waals surface area contributed by atoms with Gasteiger partial charge in [0.25, 0.3) is 5.56 Å². The van der Waals surface area contributed by atoms with Gasteiger partial charge in [0.05, 0.1) is 11.0 Å². The van der Waals surface area contributed by atoms with Crippen molar-refractivity contribution in [3.05, 3.63) is 40.3 Å². The first-order valence-electron chi connectivity index (χ1n) is 6.81. The Bertz CT molecular complexity index is 905. The van der Waals surface area contributed by atoms with Crippen LogP contribution in [-0.2, 0) is 11.2 Å². The van der Waals surface area contributed by atoms with E-state index in [0.29, 0.717) is 21.9 Å². The van der Waals surface area contributed by atoms with Crippen molar-refractivity contribution in [2.24, 2.45) is 0 Å². The summed E-state index contributed by atoms with van der Waals surface area (Å²) in [5, 5.41) is 10.9. The lowest BCUT2D eigenvalue weighted by Crippen LogP contribution is -2.18. The lowest BCUT2D eigenvalue weighted by atomic mass is 10.2. The highest BCUT2D eigenvalue weighted by Crippen LogP contribution is 2.23. The molecule has 0 saturated heterocycles. The monoisotopic (exact) mass is 347 g/mol. The largest absolute Gasteiger partial charge is 0.319 e. The number of anilines is 1. The van der Waals surface area contributed by atoms with Crippen LogP contribution < -0.4 is 10.9 Å². The Hall–Kier alpha value is -2.26. The molecule has 0 radical (unpaired) electrons. The van der Waals surface area contributed by atoms with Crippen LogP contribution in [0.25, 0.3) is 11.0 Å². The number of aromatic nitrogens is 4. The maximum absolute atomic E-state index is 12.0. The average Bonchev–Trinajstić information content (AvgIpc) is 3.00. The normalized spacial score (nSPS) is 10.8. The van der Waals surface area contributed by atoms with Crippen LogP contribution >= 0.6 is 23.1 Å². The predicted octanol–water partition coefficient (Wildman–Crippen LogP) is 2.07. The number of hydrogen-bond donors (Lipinski definition) is 2. The highest BCUT2D eigenvalue weighted by molar-refractivity contribution is 8.00. The molecule has 0 atom stereocenters. The van der Waals surface area contributed by atoms with Gasteiger partial charge in [-0.3, -0.25) is 9.59 Å². The molecule has 2 aromatic heterocycles. The summed E-state index contributed by atoms with van der Waals surface area (Å²) < 4.78 is 0.785. The van der Waals surface area contributed by atoms with Crippen LogP contribution in [0, 0.1) is 0 Å². The first kappa shape index (κ1) is 15.6. The highest BCUT2D eigenvalue weighted by atomic mass is 32.2. The molecule has 118 valence electrons. The second-order valence-electron chi connectivity index (χ2n) is 4.66. The Kier molecular flexibility index (Phi) is 4.68. The minimum absolute atomic E-state index is 0.155. The number of aromatic amines is 1. The third-order valence-corrected chi connectivity index (χ3v) is 4.90. The Labute approximate surface area is 139 Å². The molecule has 0 saturated carbocycles. The SMILES string of the molecule is CSc1nnc(NC(=O)CCc2nc3ccccc3[nH]c2=O)s1. The number of para-hydroxylation sites is 2. The van der Waals surface area contributed by atoms with Crippen molar-refractivity contribution in [3.63, 3.8) is 0 Å². The first-order valence-corrected chi connectivity index (χ1v) is 8.85. The van der Waals surface area contributed by atoms with Crippen LogP contribution in [0.4, 0.5) is 5.13 Å². The second kappa shape index (κ2) is 6.88. The minimum atomic E-state index is -0.267. The van der Waals surface area contributed by atoms with Crippen molar-refractivity contribution in [1.29, 1.82) is 0 Å². The van der Waals surface area contributed by atoms with Crippen molar-refractivity contribution in [1.82, 2.24) is 20.2 Å². The molecule has 7 nitrogen and oxygen atoms in total. The van der Waals surface area contributed by atoms with Gasteiger partial charge in [0.15, 0.2) is 4.34 Å². The molecular formula is C14H13N5O2S2. The van der Waals surface area contributed by atoms with E-state index in [1.807, 2.05) is 24.5 Å². The second-order valence-corrected chi connectivity index (χ2v) is 6.69. The molecule has 0 spiro atoms. The van der Waals surface area contributed by atoms with E-state index >= 15 is 0 Å². The summed E-state index contributed by atoms with van der Waals surface area (Å²) >= 11 is 2.78. The van der Waals surface area contributed by atoms with Gasteiger partial charge in [-0.1, -0.05) is 35.2 Å². The van der Waals surface area contributed by atoms with Crippen LogP contribution in [0.5, 0.6) is 0 Å². The number of nitrogens with zero attached hydrogens (tertiary/aromatic N) is 3. The molecule has 0 aliphatic rings. The van der Waals surface area contributed by atoms with E-state index in [-0.39, 0.29) is 24.3 Å². The molecule has 1 amide bonds. The Morgan fingerprint density at radius 1 is 1.35 bits per heavy atom. The van der Waals surface area contributed by atoms with Gasteiger partial charge in [-0.25, -0.2) is 4.98 Å². The number of benzene rings is 1. The summed E-state index contributed by atoms with van der Waals surface area (Å²) in [6, 6.07) is 7.29. The minimum Gasteiger partial charge on any atom is -0.319 e. The van der Waals surface area contributed by atoms with Gasteiger partial charge in [-0.15, -0.1) is 10.2 Å². The predicted molar refractivity (Wildman–Crippen MR) is 91.0 cm³/mol. The maximum Gasteiger partial charge on any atom is 0.270 e. The zero-order chi connectivity index (χ0) is 16.2. The van der Waals surface area contributed by atoms with E-state index in [2.05, 4.69) is 25.5 Å². The highest BCUT2D eigenvalue weighted by Gasteiger charge is 2.10. The summed E-state index contributed by atoms with van der Waals surface area (Å²) in [7, 11) is 0. The molecule has 0 aliphatic heterocycles. The molecular weight excluding hydrogens is 334 g/mol.